The van der Waals surface area contributed by atoms with Gasteiger partial charge in [0.25, 0.3) is 5.56 Å². The first kappa shape index (κ1) is 23.1. The zero-order valence-electron chi connectivity index (χ0n) is 19.0. The highest BCUT2D eigenvalue weighted by atomic mass is 32.2. The zero-order valence-corrected chi connectivity index (χ0v) is 20.6. The standard InChI is InChI=1S/C25H28N4O3S2/c30-21(29-12-9-16(10-13-29)23(31)26-17-5-2-1-3-6-17)11-14-33-15-20-27-24(32)22-18-7-4-8-19(18)34-25(22)28-20/h1-3,5-6,16H,4,7-15H2,(H,26,31)(H,27,28,32). The molecule has 2 N–H and O–H groups in total. The Bertz CT molecular complexity index is 1250. The molecule has 2 aliphatic rings. The van der Waals surface area contributed by atoms with Crippen molar-refractivity contribution < 1.29 is 9.59 Å². The van der Waals surface area contributed by atoms with Crippen LogP contribution in [0.4, 0.5) is 5.69 Å². The lowest BCUT2D eigenvalue weighted by Crippen LogP contribution is -2.41. The largest absolute Gasteiger partial charge is 0.343 e. The molecule has 0 spiro atoms. The highest BCUT2D eigenvalue weighted by molar-refractivity contribution is 7.98. The van der Waals surface area contributed by atoms with Crippen LogP contribution < -0.4 is 10.9 Å². The predicted molar refractivity (Wildman–Crippen MR) is 137 cm³/mol. The van der Waals surface area contributed by atoms with Crippen LogP contribution in [0.1, 0.15) is 41.9 Å². The van der Waals surface area contributed by atoms with E-state index < -0.39 is 0 Å². The molecule has 0 bridgehead atoms. The quantitative estimate of drug-likeness (QED) is 0.483. The van der Waals surface area contributed by atoms with Gasteiger partial charge in [0.15, 0.2) is 0 Å². The van der Waals surface area contributed by atoms with Crippen LogP contribution in [0.3, 0.4) is 0 Å². The summed E-state index contributed by atoms with van der Waals surface area (Å²) in [5.74, 6) is 2.04. The van der Waals surface area contributed by atoms with Crippen molar-refractivity contribution in [2.75, 3.05) is 24.2 Å². The van der Waals surface area contributed by atoms with E-state index in [4.69, 9.17) is 0 Å². The van der Waals surface area contributed by atoms with Gasteiger partial charge in [0.05, 0.1) is 11.1 Å². The number of benzene rings is 1. The SMILES string of the molecule is O=C(Nc1ccccc1)C1CCN(C(=O)CCSCc2nc3sc4c(c3c(=O)[nH]2)CCC4)CC1. The lowest BCUT2D eigenvalue weighted by Gasteiger charge is -2.31. The Morgan fingerprint density at radius 1 is 1.18 bits per heavy atom. The summed E-state index contributed by atoms with van der Waals surface area (Å²) in [6, 6.07) is 9.47. The average Bonchev–Trinajstić information content (AvgIpc) is 3.43. The molecule has 1 aliphatic carbocycles. The number of thioether (sulfide) groups is 1. The molecule has 7 nitrogen and oxygen atoms in total. The van der Waals surface area contributed by atoms with Crippen LogP contribution >= 0.6 is 23.1 Å². The van der Waals surface area contributed by atoms with Gasteiger partial charge in [-0.2, -0.15) is 11.8 Å². The van der Waals surface area contributed by atoms with Crippen LogP contribution in [0.25, 0.3) is 10.2 Å². The molecule has 1 saturated heterocycles. The number of rotatable bonds is 7. The summed E-state index contributed by atoms with van der Waals surface area (Å²) in [7, 11) is 0. The molecule has 1 aliphatic heterocycles. The molecule has 0 radical (unpaired) electrons. The van der Waals surface area contributed by atoms with Crippen molar-refractivity contribution in [2.45, 2.75) is 44.3 Å². The summed E-state index contributed by atoms with van der Waals surface area (Å²) in [4.78, 5) is 49.3. The first-order chi connectivity index (χ1) is 16.6. The van der Waals surface area contributed by atoms with Gasteiger partial charge in [-0.3, -0.25) is 14.4 Å². The molecule has 178 valence electrons. The van der Waals surface area contributed by atoms with Gasteiger partial charge >= 0.3 is 0 Å². The molecular formula is C25H28N4O3S2. The third kappa shape index (κ3) is 5.05. The van der Waals surface area contributed by atoms with Crippen molar-refractivity contribution in [3.05, 3.63) is 57.0 Å². The number of nitrogens with zero attached hydrogens (tertiary/aromatic N) is 2. The Hall–Kier alpha value is -2.65. The minimum Gasteiger partial charge on any atom is -0.343 e. The van der Waals surface area contributed by atoms with E-state index in [9.17, 15) is 14.4 Å². The number of aromatic amines is 1. The second-order valence-corrected chi connectivity index (χ2v) is 11.1. The summed E-state index contributed by atoms with van der Waals surface area (Å²) < 4.78 is 0. The number of nitrogens with one attached hydrogen (secondary N) is 2. The number of aromatic nitrogens is 2. The first-order valence-electron chi connectivity index (χ1n) is 11.8. The number of hydrogen-bond acceptors (Lipinski definition) is 6. The summed E-state index contributed by atoms with van der Waals surface area (Å²) >= 11 is 3.26. The molecule has 3 heterocycles. The van der Waals surface area contributed by atoms with E-state index in [1.54, 1.807) is 23.1 Å². The molecule has 1 fully saturated rings. The van der Waals surface area contributed by atoms with E-state index >= 15 is 0 Å². The summed E-state index contributed by atoms with van der Waals surface area (Å²) in [5, 5.41) is 3.74. The van der Waals surface area contributed by atoms with Crippen molar-refractivity contribution in [3.8, 4) is 0 Å². The van der Waals surface area contributed by atoms with Crippen LogP contribution in [-0.4, -0.2) is 45.5 Å². The topological polar surface area (TPSA) is 95.2 Å². The van der Waals surface area contributed by atoms with Gasteiger partial charge in [-0.15, -0.1) is 11.3 Å². The number of amides is 2. The maximum atomic E-state index is 12.6. The molecule has 9 heteroatoms. The first-order valence-corrected chi connectivity index (χ1v) is 13.8. The lowest BCUT2D eigenvalue weighted by molar-refractivity contribution is -0.134. The summed E-state index contributed by atoms with van der Waals surface area (Å²) in [6.45, 7) is 1.23. The van der Waals surface area contributed by atoms with E-state index in [1.807, 2.05) is 35.2 Å². The number of carbonyl (C=O) groups excluding carboxylic acids is 2. The number of carbonyl (C=O) groups is 2. The zero-order chi connectivity index (χ0) is 23.5. The Morgan fingerprint density at radius 2 is 1.97 bits per heavy atom. The van der Waals surface area contributed by atoms with E-state index in [0.29, 0.717) is 49.7 Å². The molecule has 3 aromatic rings. The van der Waals surface area contributed by atoms with Crippen LogP contribution in [0.5, 0.6) is 0 Å². The molecule has 2 aromatic heterocycles. The van der Waals surface area contributed by atoms with E-state index in [0.717, 1.165) is 35.2 Å². The third-order valence-corrected chi connectivity index (χ3v) is 8.74. The van der Waals surface area contributed by atoms with Gasteiger partial charge in [0.2, 0.25) is 11.8 Å². The second kappa shape index (κ2) is 10.3. The van der Waals surface area contributed by atoms with Gasteiger partial charge in [0, 0.05) is 41.7 Å². The lowest BCUT2D eigenvalue weighted by atomic mass is 9.95. The Kier molecular flexibility index (Phi) is 7.01. The molecular weight excluding hydrogens is 468 g/mol. The number of H-pyrrole nitrogens is 1. The third-order valence-electron chi connectivity index (χ3n) is 6.58. The normalized spacial score (nSPS) is 16.1. The van der Waals surface area contributed by atoms with Gasteiger partial charge < -0.3 is 15.2 Å². The van der Waals surface area contributed by atoms with Crippen LogP contribution in [0, 0.1) is 5.92 Å². The number of hydrogen-bond donors (Lipinski definition) is 2. The fourth-order valence-electron chi connectivity index (χ4n) is 4.76. The molecule has 0 atom stereocenters. The fourth-order valence-corrected chi connectivity index (χ4v) is 6.83. The van der Waals surface area contributed by atoms with Crippen molar-refractivity contribution in [1.29, 1.82) is 0 Å². The van der Waals surface area contributed by atoms with Crippen molar-refractivity contribution in [3.63, 3.8) is 0 Å². The highest BCUT2D eigenvalue weighted by Crippen LogP contribution is 2.34. The van der Waals surface area contributed by atoms with E-state index in [1.165, 1.54) is 10.4 Å². The number of thiophene rings is 1. The molecule has 2 amide bonds. The van der Waals surface area contributed by atoms with Gasteiger partial charge in [-0.25, -0.2) is 4.98 Å². The number of fused-ring (bicyclic) bond motifs is 3. The minimum atomic E-state index is -0.0601. The number of anilines is 1. The maximum Gasteiger partial charge on any atom is 0.259 e. The molecule has 1 aromatic carbocycles. The smallest absolute Gasteiger partial charge is 0.259 e. The monoisotopic (exact) mass is 496 g/mol. The second-order valence-electron chi connectivity index (χ2n) is 8.86. The Morgan fingerprint density at radius 3 is 2.76 bits per heavy atom. The van der Waals surface area contributed by atoms with Crippen molar-refractivity contribution in [1.82, 2.24) is 14.9 Å². The highest BCUT2D eigenvalue weighted by Gasteiger charge is 2.27. The van der Waals surface area contributed by atoms with Gasteiger partial charge in [0.1, 0.15) is 10.7 Å². The molecule has 0 saturated carbocycles. The Labute approximate surface area is 206 Å². The fraction of sp³-hybridized carbons (Fsp3) is 0.440. The molecule has 34 heavy (non-hydrogen) atoms. The molecule has 0 unspecified atom stereocenters. The van der Waals surface area contributed by atoms with Gasteiger partial charge in [-0.05, 0) is 49.8 Å². The average molecular weight is 497 g/mol. The summed E-state index contributed by atoms with van der Waals surface area (Å²) in [6.07, 6.45) is 4.98. The number of likely N-dealkylation sites (tertiary alicyclic amines) is 1. The predicted octanol–water partition coefficient (Wildman–Crippen LogP) is 3.97. The van der Waals surface area contributed by atoms with E-state index in [2.05, 4.69) is 15.3 Å². The van der Waals surface area contributed by atoms with Crippen molar-refractivity contribution >= 4 is 50.8 Å². The Balaban J connectivity index is 1.05. The summed E-state index contributed by atoms with van der Waals surface area (Å²) in [5.41, 5.74) is 1.97. The maximum absolute atomic E-state index is 12.6. The van der Waals surface area contributed by atoms with Crippen LogP contribution in [-0.2, 0) is 28.2 Å². The number of aryl methyl sites for hydroxylation is 2. The van der Waals surface area contributed by atoms with Gasteiger partial charge in [-0.1, -0.05) is 18.2 Å². The van der Waals surface area contributed by atoms with E-state index in [-0.39, 0.29) is 23.3 Å². The van der Waals surface area contributed by atoms with Crippen LogP contribution in [0.15, 0.2) is 35.1 Å². The number of para-hydroxylation sites is 1. The van der Waals surface area contributed by atoms with Crippen LogP contribution in [0.2, 0.25) is 0 Å². The molecule has 5 rings (SSSR count). The minimum absolute atomic E-state index is 0.0308. The van der Waals surface area contributed by atoms with Crippen molar-refractivity contribution in [2.24, 2.45) is 5.92 Å². The number of piperidine rings is 1.